The van der Waals surface area contributed by atoms with Gasteiger partial charge >= 0.3 is 0 Å². The average molecular weight is 306 g/mol. The van der Waals surface area contributed by atoms with Crippen LogP contribution in [0.2, 0.25) is 5.02 Å². The summed E-state index contributed by atoms with van der Waals surface area (Å²) in [5.41, 5.74) is 1.05. The van der Waals surface area contributed by atoms with Gasteiger partial charge in [-0.25, -0.2) is 9.97 Å². The minimum absolute atomic E-state index is 0.0299. The standard InChI is InChI=1S/C16H20ClN3O/c1-16(2,3)20-10-12-6-4-7-13(17)15(12)21-11-14-18-8-5-9-19-14/h4-9,20H,10-11H2,1-3H3. The van der Waals surface area contributed by atoms with Crippen LogP contribution in [-0.4, -0.2) is 15.5 Å². The summed E-state index contributed by atoms with van der Waals surface area (Å²) in [7, 11) is 0. The number of nitrogens with zero attached hydrogens (tertiary/aromatic N) is 2. The molecule has 1 aromatic carbocycles. The zero-order chi connectivity index (χ0) is 15.3. The van der Waals surface area contributed by atoms with Crippen molar-refractivity contribution in [1.29, 1.82) is 0 Å². The first-order chi connectivity index (χ1) is 9.96. The van der Waals surface area contributed by atoms with Crippen molar-refractivity contribution in [2.24, 2.45) is 0 Å². The maximum Gasteiger partial charge on any atom is 0.166 e. The van der Waals surface area contributed by atoms with Crippen LogP contribution in [0, 0.1) is 0 Å². The molecular weight excluding hydrogens is 286 g/mol. The number of nitrogens with one attached hydrogen (secondary N) is 1. The molecule has 0 unspecified atom stereocenters. The molecule has 112 valence electrons. The lowest BCUT2D eigenvalue weighted by molar-refractivity contribution is 0.290. The lowest BCUT2D eigenvalue weighted by atomic mass is 10.1. The number of benzene rings is 1. The van der Waals surface area contributed by atoms with E-state index in [2.05, 4.69) is 36.1 Å². The second kappa shape index (κ2) is 6.87. The zero-order valence-corrected chi connectivity index (χ0v) is 13.3. The number of rotatable bonds is 5. The van der Waals surface area contributed by atoms with E-state index in [1.54, 1.807) is 18.5 Å². The second-order valence-corrected chi connectivity index (χ2v) is 6.19. The first kappa shape index (κ1) is 15.7. The van der Waals surface area contributed by atoms with Crippen LogP contribution in [0.3, 0.4) is 0 Å². The van der Waals surface area contributed by atoms with Crippen molar-refractivity contribution in [3.63, 3.8) is 0 Å². The lowest BCUT2D eigenvalue weighted by Gasteiger charge is -2.22. The Bertz CT molecular complexity index is 582. The van der Waals surface area contributed by atoms with Gasteiger partial charge in [-0.3, -0.25) is 0 Å². The Hall–Kier alpha value is -1.65. The van der Waals surface area contributed by atoms with Crippen LogP contribution in [0.25, 0.3) is 0 Å². The predicted molar refractivity (Wildman–Crippen MR) is 84.4 cm³/mol. The van der Waals surface area contributed by atoms with Crippen LogP contribution in [0.5, 0.6) is 5.75 Å². The molecular formula is C16H20ClN3O. The highest BCUT2D eigenvalue weighted by atomic mass is 35.5. The van der Waals surface area contributed by atoms with E-state index in [1.165, 1.54) is 0 Å². The van der Waals surface area contributed by atoms with Crippen molar-refractivity contribution in [2.75, 3.05) is 0 Å². The van der Waals surface area contributed by atoms with Gasteiger partial charge in [-0.1, -0.05) is 23.7 Å². The number of para-hydroxylation sites is 1. The summed E-state index contributed by atoms with van der Waals surface area (Å²) in [6.07, 6.45) is 3.39. The Kier molecular flexibility index (Phi) is 5.15. The molecule has 1 N–H and O–H groups in total. The van der Waals surface area contributed by atoms with E-state index >= 15 is 0 Å². The molecule has 0 saturated heterocycles. The number of aromatic nitrogens is 2. The monoisotopic (exact) mass is 305 g/mol. The highest BCUT2D eigenvalue weighted by Gasteiger charge is 2.13. The fraction of sp³-hybridized carbons (Fsp3) is 0.375. The number of hydrogen-bond donors (Lipinski definition) is 1. The first-order valence-electron chi connectivity index (χ1n) is 6.87. The maximum atomic E-state index is 6.25. The van der Waals surface area contributed by atoms with Crippen molar-refractivity contribution < 1.29 is 4.74 Å². The van der Waals surface area contributed by atoms with Crippen molar-refractivity contribution in [3.05, 3.63) is 53.1 Å². The Morgan fingerprint density at radius 1 is 1.14 bits per heavy atom. The number of hydrogen-bond acceptors (Lipinski definition) is 4. The topological polar surface area (TPSA) is 47.0 Å². The van der Waals surface area contributed by atoms with E-state index in [9.17, 15) is 0 Å². The van der Waals surface area contributed by atoms with E-state index < -0.39 is 0 Å². The molecule has 2 aromatic rings. The number of ether oxygens (including phenoxy) is 1. The van der Waals surface area contributed by atoms with Crippen LogP contribution in [-0.2, 0) is 13.2 Å². The molecule has 0 aliphatic heterocycles. The van der Waals surface area contributed by atoms with Crippen LogP contribution >= 0.6 is 11.6 Å². The maximum absolute atomic E-state index is 6.25. The molecule has 0 radical (unpaired) electrons. The highest BCUT2D eigenvalue weighted by Crippen LogP contribution is 2.29. The van der Waals surface area contributed by atoms with Gasteiger partial charge in [-0.05, 0) is 32.9 Å². The van der Waals surface area contributed by atoms with Crippen molar-refractivity contribution >= 4 is 11.6 Å². The van der Waals surface area contributed by atoms with Crippen molar-refractivity contribution in [3.8, 4) is 5.75 Å². The largest absolute Gasteiger partial charge is 0.484 e. The molecule has 0 saturated carbocycles. The Balaban J connectivity index is 2.10. The van der Waals surface area contributed by atoms with Crippen molar-refractivity contribution in [2.45, 2.75) is 39.5 Å². The van der Waals surface area contributed by atoms with E-state index in [1.807, 2.05) is 18.2 Å². The van der Waals surface area contributed by atoms with E-state index in [0.29, 0.717) is 29.7 Å². The summed E-state index contributed by atoms with van der Waals surface area (Å²) in [4.78, 5) is 8.29. The van der Waals surface area contributed by atoms with Gasteiger partial charge in [-0.2, -0.15) is 0 Å². The van der Waals surface area contributed by atoms with E-state index in [4.69, 9.17) is 16.3 Å². The lowest BCUT2D eigenvalue weighted by Crippen LogP contribution is -2.35. The molecule has 4 nitrogen and oxygen atoms in total. The molecule has 0 aliphatic rings. The summed E-state index contributed by atoms with van der Waals surface area (Å²) in [5.74, 6) is 1.32. The highest BCUT2D eigenvalue weighted by molar-refractivity contribution is 6.32. The summed E-state index contributed by atoms with van der Waals surface area (Å²) in [6, 6.07) is 7.53. The third-order valence-electron chi connectivity index (χ3n) is 2.82. The average Bonchev–Trinajstić information content (AvgIpc) is 2.44. The minimum atomic E-state index is 0.0299. The number of halogens is 1. The fourth-order valence-corrected chi connectivity index (χ4v) is 2.00. The van der Waals surface area contributed by atoms with Gasteiger partial charge in [-0.15, -0.1) is 0 Å². The molecule has 0 atom stereocenters. The van der Waals surface area contributed by atoms with Gasteiger partial charge in [0.2, 0.25) is 0 Å². The van der Waals surface area contributed by atoms with E-state index in [0.717, 1.165) is 5.56 Å². The SMILES string of the molecule is CC(C)(C)NCc1cccc(Cl)c1OCc1ncccn1. The molecule has 0 amide bonds. The van der Waals surface area contributed by atoms with Gasteiger partial charge in [0, 0.05) is 30.0 Å². The third kappa shape index (κ3) is 4.99. The Labute approximate surface area is 130 Å². The van der Waals surface area contributed by atoms with Crippen LogP contribution in [0.15, 0.2) is 36.7 Å². The Morgan fingerprint density at radius 2 is 1.86 bits per heavy atom. The molecule has 0 bridgehead atoms. The zero-order valence-electron chi connectivity index (χ0n) is 12.6. The molecule has 1 heterocycles. The second-order valence-electron chi connectivity index (χ2n) is 5.79. The summed E-state index contributed by atoms with van der Waals surface area (Å²) >= 11 is 6.25. The predicted octanol–water partition coefficient (Wildman–Crippen LogP) is 3.60. The van der Waals surface area contributed by atoms with Gasteiger partial charge < -0.3 is 10.1 Å². The molecule has 0 fully saturated rings. The minimum Gasteiger partial charge on any atom is -0.484 e. The van der Waals surface area contributed by atoms with E-state index in [-0.39, 0.29) is 5.54 Å². The van der Waals surface area contributed by atoms with Crippen LogP contribution in [0.4, 0.5) is 0 Å². The summed E-state index contributed by atoms with van der Waals surface area (Å²) < 4.78 is 5.82. The molecule has 1 aromatic heterocycles. The smallest absolute Gasteiger partial charge is 0.166 e. The fourth-order valence-electron chi connectivity index (χ4n) is 1.76. The molecule has 2 rings (SSSR count). The van der Waals surface area contributed by atoms with Crippen LogP contribution in [0.1, 0.15) is 32.2 Å². The first-order valence-corrected chi connectivity index (χ1v) is 7.24. The summed E-state index contributed by atoms with van der Waals surface area (Å²) in [5, 5.41) is 4.03. The van der Waals surface area contributed by atoms with Crippen LogP contribution < -0.4 is 10.1 Å². The van der Waals surface area contributed by atoms with Gasteiger partial charge in [0.15, 0.2) is 5.82 Å². The van der Waals surface area contributed by atoms with Crippen molar-refractivity contribution in [1.82, 2.24) is 15.3 Å². The molecule has 21 heavy (non-hydrogen) atoms. The third-order valence-corrected chi connectivity index (χ3v) is 3.12. The quantitative estimate of drug-likeness (QED) is 0.917. The normalized spacial score (nSPS) is 11.4. The summed E-state index contributed by atoms with van der Waals surface area (Å²) in [6.45, 7) is 7.35. The van der Waals surface area contributed by atoms with Gasteiger partial charge in [0.1, 0.15) is 12.4 Å². The van der Waals surface area contributed by atoms with Gasteiger partial charge in [0.25, 0.3) is 0 Å². The Morgan fingerprint density at radius 3 is 2.52 bits per heavy atom. The molecule has 5 heteroatoms. The van der Waals surface area contributed by atoms with Gasteiger partial charge in [0.05, 0.1) is 5.02 Å². The molecule has 0 aliphatic carbocycles. The molecule has 0 spiro atoms.